The third kappa shape index (κ3) is 17.5. The maximum atomic E-state index is 14.5. The average Bonchev–Trinajstić information content (AvgIpc) is 3.06. The van der Waals surface area contributed by atoms with Gasteiger partial charge in [-0.25, -0.2) is 4.39 Å². The summed E-state index contributed by atoms with van der Waals surface area (Å²) in [4.78, 5) is 48.6. The van der Waals surface area contributed by atoms with Crippen LogP contribution in [0.3, 0.4) is 0 Å². The number of alkyl halides is 10. The molecule has 1 aromatic carbocycles. The highest BCUT2D eigenvalue weighted by Crippen LogP contribution is 2.48. The Morgan fingerprint density at radius 2 is 1.08 bits per heavy atom. The number of hydrogen-bond donors (Lipinski definition) is 2. The number of carbonyl (C=O) groups excluding carboxylic acids is 4. The minimum Gasteiger partial charge on any atom is -0.428 e. The van der Waals surface area contributed by atoms with Crippen LogP contribution in [0.25, 0.3) is 0 Å². The summed E-state index contributed by atoms with van der Waals surface area (Å²) in [6.07, 6.45) is -13.3. The van der Waals surface area contributed by atoms with Gasteiger partial charge in [0, 0.05) is 43.5 Å². The molecule has 0 aliphatic rings. The Balaban J connectivity index is 2.91. The van der Waals surface area contributed by atoms with Crippen LogP contribution in [0.1, 0.15) is 137 Å². The monoisotopic (exact) mass is 782 g/mol. The highest BCUT2D eigenvalue weighted by Gasteiger charge is 2.76. The predicted octanol–water partition coefficient (Wildman–Crippen LogP) is 9.64. The molecule has 0 saturated heterocycles. The molecule has 1 aromatic rings. The lowest BCUT2D eigenvalue weighted by Gasteiger charge is -2.30. The van der Waals surface area contributed by atoms with E-state index in [4.69, 9.17) is 0 Å². The predicted molar refractivity (Wildman–Crippen MR) is 174 cm³/mol. The van der Waals surface area contributed by atoms with Crippen molar-refractivity contribution in [1.29, 1.82) is 0 Å². The van der Waals surface area contributed by atoms with Crippen molar-refractivity contribution < 1.29 is 72.6 Å². The van der Waals surface area contributed by atoms with E-state index in [9.17, 15) is 63.1 Å². The van der Waals surface area contributed by atoms with Crippen molar-refractivity contribution in [3.63, 3.8) is 0 Å². The number of rotatable bonds is 28. The van der Waals surface area contributed by atoms with Gasteiger partial charge in [-0.05, 0) is 57.2 Å². The van der Waals surface area contributed by atoms with E-state index in [1.54, 1.807) is 0 Å². The van der Waals surface area contributed by atoms with E-state index in [1.165, 1.54) is 6.92 Å². The number of Topliss-reactive ketones (excluding diaryl/α,β-unsaturated/α-hetero) is 2. The number of nitrogens with one attached hydrogen (secondary N) is 2. The maximum Gasteiger partial charge on any atom is 0.462 e. The van der Waals surface area contributed by atoms with Gasteiger partial charge in [0.05, 0.1) is 0 Å². The van der Waals surface area contributed by atoms with E-state index in [0.29, 0.717) is 69.9 Å². The molecule has 0 saturated carbocycles. The minimum atomic E-state index is -7.06. The van der Waals surface area contributed by atoms with Gasteiger partial charge in [-0.1, -0.05) is 58.3 Å². The smallest absolute Gasteiger partial charge is 0.428 e. The summed E-state index contributed by atoms with van der Waals surface area (Å²) in [6.45, 7) is 3.72. The summed E-state index contributed by atoms with van der Waals surface area (Å²) in [5, 5.41) is 4.98. The lowest BCUT2D eigenvalue weighted by Crippen LogP contribution is -2.56. The third-order valence-electron chi connectivity index (χ3n) is 7.89. The van der Waals surface area contributed by atoms with Crippen molar-refractivity contribution in [2.75, 3.05) is 13.1 Å². The Hall–Kier alpha value is -3.44. The minimum absolute atomic E-state index is 0.0671. The fourth-order valence-corrected chi connectivity index (χ4v) is 4.87. The molecule has 304 valence electrons. The fourth-order valence-electron chi connectivity index (χ4n) is 4.87. The second-order valence-corrected chi connectivity index (χ2v) is 12.7. The molecule has 1 rings (SSSR count). The summed E-state index contributed by atoms with van der Waals surface area (Å²) in [7, 11) is 0. The molecule has 0 aliphatic heterocycles. The Bertz CT molecular complexity index is 1310. The molecule has 0 aromatic heterocycles. The molecule has 0 aliphatic carbocycles. The topological polar surface area (TPSA) is 111 Å². The van der Waals surface area contributed by atoms with E-state index in [2.05, 4.69) is 20.1 Å². The van der Waals surface area contributed by atoms with E-state index in [0.717, 1.165) is 51.0 Å². The Morgan fingerprint density at radius 1 is 0.642 bits per heavy atom. The molecule has 1 atom stereocenters. The molecule has 8 nitrogen and oxygen atoms in total. The molecule has 0 radical (unpaired) electrons. The zero-order chi connectivity index (χ0) is 40.3. The van der Waals surface area contributed by atoms with Crippen molar-refractivity contribution in [2.24, 2.45) is 0 Å². The van der Waals surface area contributed by atoms with Gasteiger partial charge in [0.15, 0.2) is 0 Å². The van der Waals surface area contributed by atoms with Gasteiger partial charge in [-0.3, -0.25) is 19.1 Å². The van der Waals surface area contributed by atoms with E-state index < -0.39 is 59.4 Å². The Morgan fingerprint density at radius 3 is 1.55 bits per heavy atom. The summed E-state index contributed by atoms with van der Waals surface area (Å²) in [6, 6.07) is 2.09. The second kappa shape index (κ2) is 22.7. The summed E-state index contributed by atoms with van der Waals surface area (Å²) < 4.78 is 140. The zero-order valence-electron chi connectivity index (χ0n) is 29.8. The number of carbonyl (C=O) groups is 4. The molecule has 0 fully saturated rings. The van der Waals surface area contributed by atoms with Crippen LogP contribution in [0.15, 0.2) is 18.2 Å². The Labute approximate surface area is 302 Å². The van der Waals surface area contributed by atoms with Gasteiger partial charge in [-0.15, -0.1) is 0 Å². The van der Waals surface area contributed by atoms with E-state index in [-0.39, 0.29) is 24.7 Å². The van der Waals surface area contributed by atoms with Crippen molar-refractivity contribution in [3.05, 3.63) is 29.3 Å². The van der Waals surface area contributed by atoms with Crippen LogP contribution in [0, 0.1) is 0 Å². The summed E-state index contributed by atoms with van der Waals surface area (Å²) in [5.41, 5.74) is -0.969. The number of hydrogen-bond acceptors (Lipinski definition) is 6. The van der Waals surface area contributed by atoms with Gasteiger partial charge in [-0.2, -0.15) is 39.5 Å². The summed E-state index contributed by atoms with van der Waals surface area (Å²) >= 11 is 0. The first-order chi connectivity index (χ1) is 24.6. The molecule has 2 N–H and O–H groups in total. The van der Waals surface area contributed by atoms with Crippen LogP contribution in [0.2, 0.25) is 0 Å². The highest BCUT2D eigenvalue weighted by atomic mass is 19.4. The SMILES string of the molecule is CCCCCCCCNC(=O)c1cc(OC(F)(F)C(F)OC(F)(F)C(F)(F)C(F)(F)F)cc(C(=O)NCCCCCCCC(=O)CCCCC(C)=O)c1. The van der Waals surface area contributed by atoms with Gasteiger partial charge >= 0.3 is 30.7 Å². The molecule has 0 spiro atoms. The molecule has 2 amide bonds. The van der Waals surface area contributed by atoms with Crippen molar-refractivity contribution in [2.45, 2.75) is 147 Å². The van der Waals surface area contributed by atoms with Gasteiger partial charge in [0.25, 0.3) is 11.8 Å². The standard InChI is InChI=1S/C35H48F10N2O6/c1-3-4-5-6-9-14-19-46-29(50)25-21-26(30(51)47-20-15-10-7-8-11-17-27(49)18-13-12-16-24(2)48)23-28(22-25)52-32(37,38)31(36)53-35(44,45)33(39,40)34(41,42)43/h21-23,31H,3-20H2,1-2H3,(H,46,50)(H,47,51). The van der Waals surface area contributed by atoms with Crippen LogP contribution in [0.4, 0.5) is 43.9 Å². The lowest BCUT2D eigenvalue weighted by molar-refractivity contribution is -0.460. The lowest BCUT2D eigenvalue weighted by atomic mass is 10.0. The molecule has 53 heavy (non-hydrogen) atoms. The number of halogens is 10. The molecular formula is C35H48F10N2O6. The first kappa shape index (κ1) is 47.6. The molecule has 0 heterocycles. The fraction of sp³-hybridized carbons (Fsp3) is 0.714. The molecular weight excluding hydrogens is 734 g/mol. The molecule has 0 bridgehead atoms. The van der Waals surface area contributed by atoms with Crippen molar-refractivity contribution in [1.82, 2.24) is 10.6 Å². The highest BCUT2D eigenvalue weighted by molar-refractivity contribution is 6.00. The molecule has 18 heteroatoms. The second-order valence-electron chi connectivity index (χ2n) is 12.7. The number of amides is 2. The first-order valence-corrected chi connectivity index (χ1v) is 17.6. The first-order valence-electron chi connectivity index (χ1n) is 17.6. The summed E-state index contributed by atoms with van der Waals surface area (Å²) in [5.74, 6) is -9.91. The van der Waals surface area contributed by atoms with Gasteiger partial charge in [0.1, 0.15) is 17.3 Å². The zero-order valence-corrected chi connectivity index (χ0v) is 29.8. The van der Waals surface area contributed by atoms with Crippen molar-refractivity contribution >= 4 is 23.4 Å². The van der Waals surface area contributed by atoms with Crippen LogP contribution in [-0.2, 0) is 14.3 Å². The number of unbranched alkanes of at least 4 members (excludes halogenated alkanes) is 10. The maximum absolute atomic E-state index is 14.5. The van der Waals surface area contributed by atoms with E-state index in [1.807, 2.05) is 6.92 Å². The van der Waals surface area contributed by atoms with Gasteiger partial charge in [0.2, 0.25) is 0 Å². The molecule has 1 unspecified atom stereocenters. The number of ether oxygens (including phenoxy) is 2. The quantitative estimate of drug-likeness (QED) is 0.0647. The normalized spacial score (nSPS) is 13.1. The number of benzene rings is 1. The van der Waals surface area contributed by atoms with Crippen LogP contribution >= 0.6 is 0 Å². The average molecular weight is 783 g/mol. The van der Waals surface area contributed by atoms with Gasteiger partial charge < -0.3 is 20.2 Å². The van der Waals surface area contributed by atoms with E-state index >= 15 is 0 Å². The largest absolute Gasteiger partial charge is 0.462 e. The van der Waals surface area contributed by atoms with Crippen molar-refractivity contribution in [3.8, 4) is 5.75 Å². The number of ketones is 2. The van der Waals surface area contributed by atoms with Crippen LogP contribution in [-0.4, -0.2) is 67.1 Å². The van der Waals surface area contributed by atoms with Crippen LogP contribution in [0.5, 0.6) is 5.75 Å². The third-order valence-corrected chi connectivity index (χ3v) is 7.89. The Kier molecular flexibility index (Phi) is 20.4. The van der Waals surface area contributed by atoms with Crippen LogP contribution < -0.4 is 15.4 Å².